The van der Waals surface area contributed by atoms with E-state index in [1.807, 2.05) is 115 Å². The van der Waals surface area contributed by atoms with Crippen LogP contribution in [0.5, 0.6) is 5.75 Å². The largest absolute Gasteiger partial charge is 0.489 e. The maximum atomic E-state index is 13.7. The van der Waals surface area contributed by atoms with Crippen molar-refractivity contribution in [2.75, 3.05) is 0 Å². The fourth-order valence-corrected chi connectivity index (χ4v) is 5.01. The zero-order valence-electron chi connectivity index (χ0n) is 21.4. The number of cyclic esters (lactones) is 1. The number of hydrogen-bond donors (Lipinski definition) is 0. The summed E-state index contributed by atoms with van der Waals surface area (Å²) in [5.74, 6) is 0.441. The van der Waals surface area contributed by atoms with Crippen molar-refractivity contribution in [1.29, 1.82) is 0 Å². The third-order valence-electron chi connectivity index (χ3n) is 7.02. The molecule has 38 heavy (non-hydrogen) atoms. The minimum atomic E-state index is -0.604. The van der Waals surface area contributed by atoms with E-state index in [9.17, 15) is 9.59 Å². The smallest absolute Gasteiger partial charge is 0.417 e. The molecule has 0 aromatic heterocycles. The Morgan fingerprint density at radius 3 is 2.13 bits per heavy atom. The summed E-state index contributed by atoms with van der Waals surface area (Å²) in [6.07, 6.45) is -0.231. The van der Waals surface area contributed by atoms with Crippen molar-refractivity contribution in [3.63, 3.8) is 0 Å². The van der Waals surface area contributed by atoms with E-state index in [2.05, 4.69) is 6.92 Å². The lowest BCUT2D eigenvalue weighted by Gasteiger charge is -2.25. The molecule has 1 aliphatic heterocycles. The number of hydrogen-bond acceptors (Lipinski definition) is 4. The number of imide groups is 1. The molecule has 0 aliphatic carbocycles. The van der Waals surface area contributed by atoms with Gasteiger partial charge in [-0.1, -0.05) is 110 Å². The van der Waals surface area contributed by atoms with E-state index < -0.39 is 18.2 Å². The minimum Gasteiger partial charge on any atom is -0.489 e. The van der Waals surface area contributed by atoms with Gasteiger partial charge in [-0.3, -0.25) is 4.79 Å². The maximum Gasteiger partial charge on any atom is 0.417 e. The third kappa shape index (κ3) is 5.62. The topological polar surface area (TPSA) is 55.8 Å². The lowest BCUT2D eigenvalue weighted by molar-refractivity contribution is -0.129. The Kier molecular flexibility index (Phi) is 7.84. The van der Waals surface area contributed by atoms with Crippen LogP contribution in [0, 0.1) is 0 Å². The van der Waals surface area contributed by atoms with E-state index in [1.54, 1.807) is 0 Å². The van der Waals surface area contributed by atoms with Gasteiger partial charge in [-0.2, -0.15) is 0 Å². The molecular weight excluding hydrogens is 474 g/mol. The Morgan fingerprint density at radius 1 is 0.842 bits per heavy atom. The lowest BCUT2D eigenvalue weighted by Crippen LogP contribution is -2.35. The molecule has 1 fully saturated rings. The zero-order valence-corrected chi connectivity index (χ0v) is 21.4. The van der Waals surface area contributed by atoms with Gasteiger partial charge in [0, 0.05) is 6.42 Å². The van der Waals surface area contributed by atoms with Gasteiger partial charge in [0.25, 0.3) is 0 Å². The van der Waals surface area contributed by atoms with Gasteiger partial charge < -0.3 is 9.47 Å². The second-order valence-electron chi connectivity index (χ2n) is 9.49. The predicted molar refractivity (Wildman–Crippen MR) is 147 cm³/mol. The molecule has 0 N–H and O–H groups in total. The van der Waals surface area contributed by atoms with Gasteiger partial charge in [0.1, 0.15) is 18.4 Å². The molecule has 1 aliphatic rings. The number of amides is 2. The highest BCUT2D eigenvalue weighted by atomic mass is 16.6. The summed E-state index contributed by atoms with van der Waals surface area (Å²) in [4.78, 5) is 28.2. The molecule has 5 heteroatoms. The van der Waals surface area contributed by atoms with Crippen LogP contribution >= 0.6 is 0 Å². The summed E-state index contributed by atoms with van der Waals surface area (Å²) in [5, 5.41) is 0. The average Bonchev–Trinajstić information content (AvgIpc) is 3.33. The van der Waals surface area contributed by atoms with Crippen LogP contribution in [0.2, 0.25) is 0 Å². The fraction of sp³-hybridized carbons (Fsp3) is 0.212. The molecule has 4 aromatic rings. The van der Waals surface area contributed by atoms with Crippen LogP contribution < -0.4 is 4.74 Å². The first-order chi connectivity index (χ1) is 18.6. The summed E-state index contributed by atoms with van der Waals surface area (Å²) in [6, 6.07) is 36.6. The zero-order chi connectivity index (χ0) is 26.3. The van der Waals surface area contributed by atoms with Crippen LogP contribution in [0.15, 0.2) is 115 Å². The fourth-order valence-electron chi connectivity index (χ4n) is 5.01. The Bertz CT molecular complexity index is 1360. The number of carbonyl (C=O) groups excluding carboxylic acids is 2. The summed E-state index contributed by atoms with van der Waals surface area (Å²) in [6.45, 7) is 2.53. The van der Waals surface area contributed by atoms with Gasteiger partial charge in [0.15, 0.2) is 6.10 Å². The molecular formula is C33H31NO4. The van der Waals surface area contributed by atoms with E-state index >= 15 is 0 Å². The number of benzene rings is 4. The quantitative estimate of drug-likeness (QED) is 0.235. The number of carbonyl (C=O) groups is 2. The van der Waals surface area contributed by atoms with Gasteiger partial charge in [0.2, 0.25) is 5.91 Å². The monoisotopic (exact) mass is 505 g/mol. The van der Waals surface area contributed by atoms with E-state index in [4.69, 9.17) is 9.47 Å². The molecule has 192 valence electrons. The second-order valence-corrected chi connectivity index (χ2v) is 9.49. The molecule has 3 atom stereocenters. The first-order valence-electron chi connectivity index (χ1n) is 13.0. The molecule has 5 nitrogen and oxygen atoms in total. The van der Waals surface area contributed by atoms with E-state index in [1.165, 1.54) is 4.90 Å². The van der Waals surface area contributed by atoms with Crippen LogP contribution in [0.4, 0.5) is 4.79 Å². The van der Waals surface area contributed by atoms with E-state index in [0.717, 1.165) is 34.4 Å². The van der Waals surface area contributed by atoms with E-state index in [-0.39, 0.29) is 18.2 Å². The molecule has 1 heterocycles. The minimum absolute atomic E-state index is 0.0669. The summed E-state index contributed by atoms with van der Waals surface area (Å²) >= 11 is 0. The highest BCUT2D eigenvalue weighted by Crippen LogP contribution is 2.44. The Hall–Kier alpha value is -4.38. The second kappa shape index (κ2) is 11.8. The highest BCUT2D eigenvalue weighted by molar-refractivity contribution is 5.94. The molecule has 0 bridgehead atoms. The third-order valence-corrected chi connectivity index (χ3v) is 7.02. The van der Waals surface area contributed by atoms with Crippen LogP contribution in [0.3, 0.4) is 0 Å². The molecule has 1 saturated heterocycles. The average molecular weight is 506 g/mol. The maximum absolute atomic E-state index is 13.7. The number of ether oxygens (including phenoxy) is 2. The summed E-state index contributed by atoms with van der Waals surface area (Å²) in [7, 11) is 0. The van der Waals surface area contributed by atoms with Crippen LogP contribution in [-0.4, -0.2) is 16.9 Å². The van der Waals surface area contributed by atoms with Crippen molar-refractivity contribution in [2.24, 2.45) is 0 Å². The van der Waals surface area contributed by atoms with Crippen LogP contribution in [-0.2, 0) is 16.1 Å². The highest BCUT2D eigenvalue weighted by Gasteiger charge is 2.47. The summed E-state index contributed by atoms with van der Waals surface area (Å²) < 4.78 is 11.8. The van der Waals surface area contributed by atoms with Gasteiger partial charge >= 0.3 is 6.09 Å². The van der Waals surface area contributed by atoms with E-state index in [0.29, 0.717) is 6.61 Å². The molecule has 4 aromatic carbocycles. The number of rotatable bonds is 9. The SMILES string of the molecule is CC[C@H](CC(=O)N1C(=O)O[C@@H](c2ccccc2)[C@H]1c1ccccc1)c1cccc(OCc2ccccc2)c1. The van der Waals surface area contributed by atoms with Crippen molar-refractivity contribution in [2.45, 2.75) is 44.4 Å². The van der Waals surface area contributed by atoms with Gasteiger partial charge in [-0.15, -0.1) is 0 Å². The predicted octanol–water partition coefficient (Wildman–Crippen LogP) is 7.61. The van der Waals surface area contributed by atoms with Crippen molar-refractivity contribution in [3.8, 4) is 5.75 Å². The first-order valence-corrected chi connectivity index (χ1v) is 13.0. The van der Waals surface area contributed by atoms with Crippen molar-refractivity contribution >= 4 is 12.0 Å². The van der Waals surface area contributed by atoms with Gasteiger partial charge in [-0.05, 0) is 46.7 Å². The number of nitrogens with zero attached hydrogens (tertiary/aromatic N) is 1. The van der Waals surface area contributed by atoms with Crippen molar-refractivity contribution < 1.29 is 19.1 Å². The Labute approximate surface area is 223 Å². The Morgan fingerprint density at radius 2 is 1.47 bits per heavy atom. The standard InChI is InChI=1S/C33H31NO4/c1-2-25(28-19-12-20-29(21-28)37-23-24-13-6-3-7-14-24)22-30(35)34-31(26-15-8-4-9-16-26)32(38-33(34)36)27-17-10-5-11-18-27/h3-21,25,31-32H,2,22-23H2,1H3/t25-,31-,32+/m1/s1. The van der Waals surface area contributed by atoms with Crippen LogP contribution in [0.1, 0.15) is 60.1 Å². The molecule has 0 unspecified atom stereocenters. The molecule has 0 radical (unpaired) electrons. The van der Waals surface area contributed by atoms with Crippen LogP contribution in [0.25, 0.3) is 0 Å². The first kappa shape index (κ1) is 25.3. The lowest BCUT2D eigenvalue weighted by atomic mass is 9.91. The molecule has 0 spiro atoms. The van der Waals surface area contributed by atoms with Gasteiger partial charge in [-0.25, -0.2) is 9.69 Å². The van der Waals surface area contributed by atoms with Crippen molar-refractivity contribution in [1.82, 2.24) is 4.90 Å². The van der Waals surface area contributed by atoms with Gasteiger partial charge in [0.05, 0.1) is 0 Å². The molecule has 2 amide bonds. The Balaban J connectivity index is 1.36. The molecule has 5 rings (SSSR count). The summed E-state index contributed by atoms with van der Waals surface area (Å²) in [5.41, 5.74) is 3.83. The van der Waals surface area contributed by atoms with Crippen molar-refractivity contribution in [3.05, 3.63) is 138 Å². The normalized spacial score (nSPS) is 17.6. The molecule has 0 saturated carbocycles.